The summed E-state index contributed by atoms with van der Waals surface area (Å²) in [7, 11) is 0. The van der Waals surface area contributed by atoms with Gasteiger partial charge in [-0.25, -0.2) is 0 Å². The molecule has 0 atom stereocenters. The SMILES string of the molecule is C=CCN1CCCc2ccc(O)cc2C1=O. The quantitative estimate of drug-likeness (QED) is 0.769. The Morgan fingerprint density at radius 2 is 2.31 bits per heavy atom. The van der Waals surface area contributed by atoms with Crippen LogP contribution in [0.1, 0.15) is 22.3 Å². The Balaban J connectivity index is 2.39. The summed E-state index contributed by atoms with van der Waals surface area (Å²) in [5.41, 5.74) is 1.65. The van der Waals surface area contributed by atoms with E-state index in [4.69, 9.17) is 0 Å². The second-order valence-corrected chi connectivity index (χ2v) is 3.98. The van der Waals surface area contributed by atoms with Gasteiger partial charge in [0.15, 0.2) is 0 Å². The predicted molar refractivity (Wildman–Crippen MR) is 62.5 cm³/mol. The summed E-state index contributed by atoms with van der Waals surface area (Å²) < 4.78 is 0. The van der Waals surface area contributed by atoms with E-state index in [0.717, 1.165) is 24.9 Å². The fraction of sp³-hybridized carbons (Fsp3) is 0.308. The molecule has 0 radical (unpaired) electrons. The number of amides is 1. The van der Waals surface area contributed by atoms with Crippen LogP contribution in [0.2, 0.25) is 0 Å². The molecule has 0 saturated heterocycles. The Kier molecular flexibility index (Phi) is 2.95. The number of phenolic OH excluding ortho intramolecular Hbond substituents is 1. The van der Waals surface area contributed by atoms with Crippen molar-refractivity contribution >= 4 is 5.91 Å². The second-order valence-electron chi connectivity index (χ2n) is 3.98. The van der Waals surface area contributed by atoms with Crippen LogP contribution in [0.3, 0.4) is 0 Å². The molecule has 1 aliphatic heterocycles. The molecule has 0 bridgehead atoms. The smallest absolute Gasteiger partial charge is 0.254 e. The molecule has 1 aromatic rings. The van der Waals surface area contributed by atoms with Crippen molar-refractivity contribution in [2.24, 2.45) is 0 Å². The lowest BCUT2D eigenvalue weighted by molar-refractivity contribution is 0.0779. The molecule has 84 valence electrons. The molecule has 1 N–H and O–H groups in total. The van der Waals surface area contributed by atoms with E-state index in [0.29, 0.717) is 12.1 Å². The van der Waals surface area contributed by atoms with Crippen LogP contribution in [0.25, 0.3) is 0 Å². The largest absolute Gasteiger partial charge is 0.508 e. The van der Waals surface area contributed by atoms with Gasteiger partial charge in [0.05, 0.1) is 0 Å². The number of hydrogen-bond acceptors (Lipinski definition) is 2. The van der Waals surface area contributed by atoms with Gasteiger partial charge >= 0.3 is 0 Å². The molecule has 1 amide bonds. The van der Waals surface area contributed by atoms with Crippen molar-refractivity contribution in [1.29, 1.82) is 0 Å². The summed E-state index contributed by atoms with van der Waals surface area (Å²) in [6.45, 7) is 4.96. The first-order valence-electron chi connectivity index (χ1n) is 5.44. The summed E-state index contributed by atoms with van der Waals surface area (Å²) in [4.78, 5) is 13.9. The summed E-state index contributed by atoms with van der Waals surface area (Å²) in [6, 6.07) is 5.02. The minimum absolute atomic E-state index is 0.0108. The maximum atomic E-state index is 12.1. The Morgan fingerprint density at radius 3 is 3.06 bits per heavy atom. The first-order valence-corrected chi connectivity index (χ1v) is 5.44. The average Bonchev–Trinajstić information content (AvgIpc) is 2.42. The highest BCUT2D eigenvalue weighted by Crippen LogP contribution is 2.22. The van der Waals surface area contributed by atoms with Crippen molar-refractivity contribution in [3.8, 4) is 5.75 Å². The van der Waals surface area contributed by atoms with Gasteiger partial charge in [-0.2, -0.15) is 0 Å². The van der Waals surface area contributed by atoms with Gasteiger partial charge < -0.3 is 10.0 Å². The third-order valence-corrected chi connectivity index (χ3v) is 2.83. The first kappa shape index (κ1) is 10.7. The van der Waals surface area contributed by atoms with Crippen LogP contribution in [-0.2, 0) is 6.42 Å². The Labute approximate surface area is 95.0 Å². The molecule has 1 aromatic carbocycles. The normalized spacial score (nSPS) is 15.5. The molecule has 1 heterocycles. The van der Waals surface area contributed by atoms with Crippen molar-refractivity contribution in [3.05, 3.63) is 42.0 Å². The fourth-order valence-electron chi connectivity index (χ4n) is 2.04. The van der Waals surface area contributed by atoms with Crippen LogP contribution < -0.4 is 0 Å². The number of carbonyl (C=O) groups is 1. The first-order chi connectivity index (χ1) is 7.72. The standard InChI is InChI=1S/C13H15NO2/c1-2-7-14-8-3-4-10-5-6-11(15)9-12(10)13(14)16/h2,5-6,9,15H,1,3-4,7-8H2. The summed E-state index contributed by atoms with van der Waals surface area (Å²) in [5, 5.41) is 9.42. The van der Waals surface area contributed by atoms with Crippen molar-refractivity contribution in [2.75, 3.05) is 13.1 Å². The fourth-order valence-corrected chi connectivity index (χ4v) is 2.04. The summed E-state index contributed by atoms with van der Waals surface area (Å²) in [6.07, 6.45) is 3.57. The zero-order chi connectivity index (χ0) is 11.5. The minimum atomic E-state index is -0.0108. The van der Waals surface area contributed by atoms with Gasteiger partial charge in [-0.3, -0.25) is 4.79 Å². The van der Waals surface area contributed by atoms with E-state index in [1.807, 2.05) is 6.07 Å². The molecule has 3 heteroatoms. The van der Waals surface area contributed by atoms with Crippen molar-refractivity contribution in [2.45, 2.75) is 12.8 Å². The van der Waals surface area contributed by atoms with E-state index >= 15 is 0 Å². The van der Waals surface area contributed by atoms with E-state index in [1.54, 1.807) is 23.1 Å². The van der Waals surface area contributed by atoms with E-state index in [1.165, 1.54) is 0 Å². The Morgan fingerprint density at radius 1 is 1.50 bits per heavy atom. The minimum Gasteiger partial charge on any atom is -0.508 e. The van der Waals surface area contributed by atoms with Gasteiger partial charge in [0.1, 0.15) is 5.75 Å². The summed E-state index contributed by atoms with van der Waals surface area (Å²) >= 11 is 0. The van der Waals surface area contributed by atoms with E-state index in [2.05, 4.69) is 6.58 Å². The van der Waals surface area contributed by atoms with Crippen LogP contribution in [0.5, 0.6) is 5.75 Å². The van der Waals surface area contributed by atoms with Gasteiger partial charge in [-0.05, 0) is 30.5 Å². The van der Waals surface area contributed by atoms with Crippen LogP contribution in [0, 0.1) is 0 Å². The number of hydrogen-bond donors (Lipinski definition) is 1. The molecule has 0 unspecified atom stereocenters. The van der Waals surface area contributed by atoms with Gasteiger partial charge in [0.25, 0.3) is 5.91 Å². The van der Waals surface area contributed by atoms with Crippen molar-refractivity contribution < 1.29 is 9.90 Å². The number of phenols is 1. The topological polar surface area (TPSA) is 40.5 Å². The van der Waals surface area contributed by atoms with Gasteiger partial charge in [-0.15, -0.1) is 6.58 Å². The number of aryl methyl sites for hydroxylation is 1. The monoisotopic (exact) mass is 217 g/mol. The zero-order valence-corrected chi connectivity index (χ0v) is 9.15. The highest BCUT2D eigenvalue weighted by molar-refractivity contribution is 5.96. The highest BCUT2D eigenvalue weighted by Gasteiger charge is 2.21. The number of nitrogens with zero attached hydrogens (tertiary/aromatic N) is 1. The Bertz CT molecular complexity index is 426. The second kappa shape index (κ2) is 4.39. The average molecular weight is 217 g/mol. The van der Waals surface area contributed by atoms with Gasteiger partial charge in [-0.1, -0.05) is 12.1 Å². The molecule has 2 rings (SSSR count). The molecule has 0 spiro atoms. The number of fused-ring (bicyclic) bond motifs is 1. The molecular formula is C13H15NO2. The predicted octanol–water partition coefficient (Wildman–Crippen LogP) is 1.97. The number of carbonyl (C=O) groups excluding carboxylic acids is 1. The lowest BCUT2D eigenvalue weighted by Gasteiger charge is -2.18. The maximum absolute atomic E-state index is 12.1. The van der Waals surface area contributed by atoms with Crippen LogP contribution in [0.15, 0.2) is 30.9 Å². The lowest BCUT2D eigenvalue weighted by Crippen LogP contribution is -2.30. The molecule has 0 fully saturated rings. The molecule has 3 nitrogen and oxygen atoms in total. The lowest BCUT2D eigenvalue weighted by atomic mass is 10.0. The van der Waals surface area contributed by atoms with E-state index in [-0.39, 0.29) is 11.7 Å². The molecule has 1 aliphatic rings. The molecular weight excluding hydrogens is 202 g/mol. The molecule has 0 aliphatic carbocycles. The Hall–Kier alpha value is -1.77. The zero-order valence-electron chi connectivity index (χ0n) is 9.15. The van der Waals surface area contributed by atoms with Crippen LogP contribution >= 0.6 is 0 Å². The van der Waals surface area contributed by atoms with Gasteiger partial charge in [0, 0.05) is 18.7 Å². The third kappa shape index (κ3) is 1.94. The van der Waals surface area contributed by atoms with Gasteiger partial charge in [0.2, 0.25) is 0 Å². The van der Waals surface area contributed by atoms with Crippen LogP contribution in [-0.4, -0.2) is 29.0 Å². The number of aromatic hydroxyl groups is 1. The van der Waals surface area contributed by atoms with Crippen molar-refractivity contribution in [1.82, 2.24) is 4.90 Å². The number of benzene rings is 1. The molecule has 0 aromatic heterocycles. The maximum Gasteiger partial charge on any atom is 0.254 e. The van der Waals surface area contributed by atoms with E-state index in [9.17, 15) is 9.90 Å². The third-order valence-electron chi connectivity index (χ3n) is 2.83. The van der Waals surface area contributed by atoms with Crippen LogP contribution in [0.4, 0.5) is 0 Å². The molecule has 0 saturated carbocycles. The number of rotatable bonds is 2. The molecule has 16 heavy (non-hydrogen) atoms. The van der Waals surface area contributed by atoms with Crippen molar-refractivity contribution in [3.63, 3.8) is 0 Å². The summed E-state index contributed by atoms with van der Waals surface area (Å²) in [5.74, 6) is 0.135. The van der Waals surface area contributed by atoms with E-state index < -0.39 is 0 Å². The highest BCUT2D eigenvalue weighted by atomic mass is 16.3.